The Morgan fingerprint density at radius 2 is 2.00 bits per heavy atom. The van der Waals surface area contributed by atoms with Crippen molar-refractivity contribution in [2.75, 3.05) is 13.1 Å². The van der Waals surface area contributed by atoms with E-state index in [2.05, 4.69) is 10.3 Å². The summed E-state index contributed by atoms with van der Waals surface area (Å²) in [5.74, 6) is -1.40. The highest BCUT2D eigenvalue weighted by Crippen LogP contribution is 2.25. The molecule has 0 bridgehead atoms. The van der Waals surface area contributed by atoms with E-state index in [1.807, 2.05) is 0 Å². The molecule has 1 aliphatic heterocycles. The Balaban J connectivity index is 1.66. The summed E-state index contributed by atoms with van der Waals surface area (Å²) in [4.78, 5) is 14.0. The van der Waals surface area contributed by atoms with Crippen molar-refractivity contribution in [3.8, 4) is 0 Å². The molecule has 0 N–H and O–H groups in total. The normalized spacial score (nSPS) is 16.1. The molecular weight excluding hydrogens is 309 g/mol. The number of piperidine rings is 1. The smallest absolute Gasteiger partial charge is 0.266 e. The van der Waals surface area contributed by atoms with Crippen molar-refractivity contribution in [2.45, 2.75) is 25.3 Å². The van der Waals surface area contributed by atoms with E-state index in [0.29, 0.717) is 25.9 Å². The molecule has 0 unspecified atom stereocenters. The van der Waals surface area contributed by atoms with Crippen LogP contribution in [0.1, 0.15) is 41.2 Å². The lowest BCUT2D eigenvalue weighted by Crippen LogP contribution is -2.39. The topological polar surface area (TPSA) is 51.0 Å². The number of likely N-dealkylation sites (tertiary alicyclic amines) is 1. The van der Waals surface area contributed by atoms with Gasteiger partial charge in [-0.15, -0.1) is 5.10 Å². The highest BCUT2D eigenvalue weighted by molar-refractivity contribution is 5.94. The predicted octanol–water partition coefficient (Wildman–Crippen LogP) is 2.83. The van der Waals surface area contributed by atoms with Crippen LogP contribution in [0.5, 0.6) is 0 Å². The maximum atomic E-state index is 13.6. The van der Waals surface area contributed by atoms with Gasteiger partial charge in [-0.05, 0) is 31.0 Å². The van der Waals surface area contributed by atoms with Crippen LogP contribution in [-0.2, 0) is 0 Å². The van der Waals surface area contributed by atoms with E-state index in [4.69, 9.17) is 0 Å². The summed E-state index contributed by atoms with van der Waals surface area (Å²) in [5, 5.41) is 7.71. The zero-order valence-corrected chi connectivity index (χ0v) is 12.2. The van der Waals surface area contributed by atoms with Gasteiger partial charge in [0.2, 0.25) is 0 Å². The van der Waals surface area contributed by atoms with Gasteiger partial charge in [-0.25, -0.2) is 17.9 Å². The van der Waals surface area contributed by atoms with Crippen LogP contribution in [0.3, 0.4) is 0 Å². The summed E-state index contributed by atoms with van der Waals surface area (Å²) in [6.45, 7) is 1.00. The number of rotatable bonds is 3. The van der Waals surface area contributed by atoms with Gasteiger partial charge in [0.05, 0.1) is 17.8 Å². The molecule has 1 aromatic heterocycles. The molecule has 122 valence electrons. The fourth-order valence-corrected chi connectivity index (χ4v) is 2.77. The molecule has 1 aromatic carbocycles. The molecule has 2 heterocycles. The summed E-state index contributed by atoms with van der Waals surface area (Å²) in [6.07, 6.45) is 1.92. The second kappa shape index (κ2) is 6.39. The van der Waals surface area contributed by atoms with Crippen LogP contribution in [0.15, 0.2) is 30.6 Å². The molecule has 0 spiro atoms. The number of alkyl halides is 2. The molecule has 0 radical (unpaired) electrons. The van der Waals surface area contributed by atoms with Gasteiger partial charge in [-0.3, -0.25) is 4.79 Å². The van der Waals surface area contributed by atoms with Crippen molar-refractivity contribution in [3.05, 3.63) is 47.5 Å². The van der Waals surface area contributed by atoms with E-state index < -0.39 is 17.8 Å². The van der Waals surface area contributed by atoms with Gasteiger partial charge in [-0.1, -0.05) is 5.21 Å². The van der Waals surface area contributed by atoms with Crippen LogP contribution in [-0.4, -0.2) is 38.9 Å². The van der Waals surface area contributed by atoms with Gasteiger partial charge in [0.1, 0.15) is 5.82 Å². The summed E-state index contributed by atoms with van der Waals surface area (Å²) < 4.78 is 40.5. The minimum absolute atomic E-state index is 0.0890. The first-order valence-corrected chi connectivity index (χ1v) is 7.29. The van der Waals surface area contributed by atoms with Crippen LogP contribution >= 0.6 is 0 Å². The average molecular weight is 324 g/mol. The molecule has 23 heavy (non-hydrogen) atoms. The van der Waals surface area contributed by atoms with Crippen molar-refractivity contribution in [1.82, 2.24) is 19.9 Å². The first kappa shape index (κ1) is 15.5. The lowest BCUT2D eigenvalue weighted by molar-refractivity contribution is 0.0688. The van der Waals surface area contributed by atoms with Gasteiger partial charge in [-0.2, -0.15) is 0 Å². The third kappa shape index (κ3) is 3.20. The Morgan fingerprint density at radius 3 is 2.57 bits per heavy atom. The predicted molar refractivity (Wildman–Crippen MR) is 75.6 cm³/mol. The Hall–Kier alpha value is -2.38. The Kier molecular flexibility index (Phi) is 4.31. The molecule has 0 saturated carbocycles. The number of carbonyl (C=O) groups excluding carboxylic acids is 1. The fourth-order valence-electron chi connectivity index (χ4n) is 2.77. The quantitative estimate of drug-likeness (QED) is 0.872. The van der Waals surface area contributed by atoms with E-state index in [1.54, 1.807) is 22.0 Å². The molecule has 1 fully saturated rings. The highest BCUT2D eigenvalue weighted by Gasteiger charge is 2.26. The second-order valence-corrected chi connectivity index (χ2v) is 5.44. The van der Waals surface area contributed by atoms with Crippen molar-refractivity contribution < 1.29 is 18.0 Å². The third-order valence-electron chi connectivity index (χ3n) is 4.05. The largest absolute Gasteiger partial charge is 0.338 e. The third-order valence-corrected chi connectivity index (χ3v) is 4.05. The molecule has 5 nitrogen and oxygen atoms in total. The monoisotopic (exact) mass is 324 g/mol. The number of halogens is 3. The number of hydrogen-bond donors (Lipinski definition) is 0. The van der Waals surface area contributed by atoms with Crippen molar-refractivity contribution in [1.29, 1.82) is 0 Å². The second-order valence-electron chi connectivity index (χ2n) is 5.44. The fraction of sp³-hybridized carbons (Fsp3) is 0.400. The maximum Gasteiger partial charge on any atom is 0.266 e. The van der Waals surface area contributed by atoms with Crippen LogP contribution in [0.2, 0.25) is 0 Å². The zero-order valence-electron chi connectivity index (χ0n) is 12.2. The Morgan fingerprint density at radius 1 is 1.26 bits per heavy atom. The summed E-state index contributed by atoms with van der Waals surface area (Å²) in [5.41, 5.74) is -0.599. The Bertz CT molecular complexity index is 682. The van der Waals surface area contributed by atoms with Crippen LogP contribution in [0.25, 0.3) is 0 Å². The summed E-state index contributed by atoms with van der Waals surface area (Å²) in [6, 6.07) is 3.28. The molecule has 3 rings (SSSR count). The molecule has 8 heteroatoms. The average Bonchev–Trinajstić information content (AvgIpc) is 3.08. The molecule has 2 aromatic rings. The Labute approximate surface area is 130 Å². The first-order chi connectivity index (χ1) is 11.1. The van der Waals surface area contributed by atoms with Crippen molar-refractivity contribution >= 4 is 5.91 Å². The number of carbonyl (C=O) groups is 1. The molecule has 1 aliphatic rings. The first-order valence-electron chi connectivity index (χ1n) is 7.29. The molecule has 1 amide bonds. The molecule has 1 saturated heterocycles. The van der Waals surface area contributed by atoms with E-state index in [1.165, 1.54) is 6.07 Å². The van der Waals surface area contributed by atoms with Crippen LogP contribution in [0, 0.1) is 5.82 Å². The minimum atomic E-state index is -2.89. The number of aromatic nitrogens is 3. The minimum Gasteiger partial charge on any atom is -0.338 e. The number of hydrogen-bond acceptors (Lipinski definition) is 3. The molecule has 0 aliphatic carbocycles. The number of benzene rings is 1. The highest BCUT2D eigenvalue weighted by atomic mass is 19.3. The van der Waals surface area contributed by atoms with E-state index in [-0.39, 0.29) is 17.5 Å². The maximum absolute atomic E-state index is 13.6. The number of amides is 1. The number of nitrogens with zero attached hydrogens (tertiary/aromatic N) is 4. The SMILES string of the molecule is O=C(c1ccc(C(F)F)c(F)c1)N1CCC(n2ccnn2)CC1. The summed E-state index contributed by atoms with van der Waals surface area (Å²) in [7, 11) is 0. The summed E-state index contributed by atoms with van der Waals surface area (Å²) >= 11 is 0. The van der Waals surface area contributed by atoms with Gasteiger partial charge < -0.3 is 4.90 Å². The van der Waals surface area contributed by atoms with Gasteiger partial charge in [0.25, 0.3) is 12.3 Å². The van der Waals surface area contributed by atoms with E-state index in [9.17, 15) is 18.0 Å². The van der Waals surface area contributed by atoms with Crippen molar-refractivity contribution in [3.63, 3.8) is 0 Å². The van der Waals surface area contributed by atoms with Crippen LogP contribution < -0.4 is 0 Å². The van der Waals surface area contributed by atoms with Crippen molar-refractivity contribution in [2.24, 2.45) is 0 Å². The van der Waals surface area contributed by atoms with E-state index >= 15 is 0 Å². The van der Waals surface area contributed by atoms with Crippen LogP contribution in [0.4, 0.5) is 13.2 Å². The molecule has 0 atom stereocenters. The van der Waals surface area contributed by atoms with Gasteiger partial charge >= 0.3 is 0 Å². The lowest BCUT2D eigenvalue weighted by atomic mass is 10.0. The van der Waals surface area contributed by atoms with E-state index in [0.717, 1.165) is 12.1 Å². The van der Waals surface area contributed by atoms with Gasteiger partial charge in [0.15, 0.2) is 0 Å². The lowest BCUT2D eigenvalue weighted by Gasteiger charge is -2.32. The molecular formula is C15H15F3N4O. The van der Waals surface area contributed by atoms with Gasteiger partial charge in [0, 0.05) is 24.8 Å². The standard InChI is InChI=1S/C15H15F3N4O/c16-13-9-10(1-2-12(13)14(17)18)15(23)21-6-3-11(4-7-21)22-8-5-19-20-22/h1-2,5,8-9,11,14H,3-4,6-7H2. The zero-order chi connectivity index (χ0) is 16.4.